The number of methoxy groups -OCH3 is 2. The molecule has 1 amide bonds. The number of likely N-dealkylation sites (N-methyl/N-ethyl adjacent to an activating group) is 1. The average molecular weight is 409 g/mol. The van der Waals surface area contributed by atoms with E-state index in [0.717, 1.165) is 0 Å². The maximum absolute atomic E-state index is 12.4. The molecule has 0 aliphatic carbocycles. The summed E-state index contributed by atoms with van der Waals surface area (Å²) in [5, 5.41) is 0. The molecule has 0 fully saturated rings. The quantitative estimate of drug-likeness (QED) is 0.562. The van der Waals surface area contributed by atoms with Gasteiger partial charge in [0, 0.05) is 19.2 Å². The van der Waals surface area contributed by atoms with Gasteiger partial charge in [0.25, 0.3) is 5.91 Å². The maximum atomic E-state index is 12.4. The van der Waals surface area contributed by atoms with Crippen LogP contribution in [0.1, 0.15) is 15.9 Å². The van der Waals surface area contributed by atoms with Crippen LogP contribution in [0, 0.1) is 0 Å². The molecule has 2 aromatic carbocycles. The number of hydrogen-bond acceptors (Lipinski definition) is 6. The minimum Gasteiger partial charge on any atom is -0.493 e. The van der Waals surface area contributed by atoms with Gasteiger partial charge >= 0.3 is 6.61 Å². The van der Waals surface area contributed by atoms with Crippen LogP contribution in [0.4, 0.5) is 8.78 Å². The Labute approximate surface area is 166 Å². The van der Waals surface area contributed by atoms with Crippen molar-refractivity contribution in [1.29, 1.82) is 0 Å². The number of alkyl halides is 2. The predicted molar refractivity (Wildman–Crippen MR) is 100.0 cm³/mol. The standard InChI is InChI=1S/C20H21F2NO6/c1-23(10-13-4-7-16(29-20(21)22)18(8-13)27-3)19(25)12-28-15-6-5-14(11-24)9-17(15)26-2/h4-9,11,20H,10,12H2,1-3H3. The van der Waals surface area contributed by atoms with Gasteiger partial charge in [0.2, 0.25) is 0 Å². The van der Waals surface area contributed by atoms with Gasteiger partial charge in [-0.05, 0) is 35.9 Å². The largest absolute Gasteiger partial charge is 0.493 e. The molecule has 156 valence electrons. The number of aldehydes is 1. The Morgan fingerprint density at radius 1 is 1.03 bits per heavy atom. The molecule has 0 unspecified atom stereocenters. The molecule has 0 heterocycles. The fraction of sp³-hybridized carbons (Fsp3) is 0.300. The van der Waals surface area contributed by atoms with Crippen LogP contribution in [0.2, 0.25) is 0 Å². The second-order valence-electron chi connectivity index (χ2n) is 5.93. The Kier molecular flexibility index (Phi) is 7.76. The number of hydrogen-bond donors (Lipinski definition) is 0. The first-order valence-electron chi connectivity index (χ1n) is 8.49. The molecular weight excluding hydrogens is 388 g/mol. The second kappa shape index (κ2) is 10.3. The molecule has 0 spiro atoms. The third-order valence-corrected chi connectivity index (χ3v) is 3.96. The number of ether oxygens (including phenoxy) is 4. The third-order valence-electron chi connectivity index (χ3n) is 3.96. The molecule has 2 aromatic rings. The van der Waals surface area contributed by atoms with Crippen molar-refractivity contribution in [3.63, 3.8) is 0 Å². The van der Waals surface area contributed by atoms with Crippen LogP contribution in [0.3, 0.4) is 0 Å². The van der Waals surface area contributed by atoms with E-state index in [1.807, 2.05) is 0 Å². The van der Waals surface area contributed by atoms with Crippen molar-refractivity contribution in [1.82, 2.24) is 4.90 Å². The van der Waals surface area contributed by atoms with Gasteiger partial charge < -0.3 is 23.8 Å². The molecular formula is C20H21F2NO6. The van der Waals surface area contributed by atoms with E-state index < -0.39 is 6.61 Å². The predicted octanol–water partition coefficient (Wildman–Crippen LogP) is 3.16. The van der Waals surface area contributed by atoms with Crippen molar-refractivity contribution in [2.45, 2.75) is 13.2 Å². The van der Waals surface area contributed by atoms with Gasteiger partial charge in [0.15, 0.2) is 29.6 Å². The first-order chi connectivity index (χ1) is 13.9. The van der Waals surface area contributed by atoms with Gasteiger partial charge in [0.1, 0.15) is 6.29 Å². The van der Waals surface area contributed by atoms with Gasteiger partial charge in [0.05, 0.1) is 14.2 Å². The number of benzene rings is 2. The molecule has 0 atom stereocenters. The summed E-state index contributed by atoms with van der Waals surface area (Å²) in [4.78, 5) is 24.6. The van der Waals surface area contributed by atoms with Crippen LogP contribution in [-0.2, 0) is 11.3 Å². The van der Waals surface area contributed by atoms with Gasteiger partial charge in [-0.3, -0.25) is 9.59 Å². The van der Waals surface area contributed by atoms with E-state index in [-0.39, 0.29) is 30.6 Å². The Bertz CT molecular complexity index is 859. The lowest BCUT2D eigenvalue weighted by Gasteiger charge is -2.19. The zero-order valence-corrected chi connectivity index (χ0v) is 16.2. The summed E-state index contributed by atoms with van der Waals surface area (Å²) in [5.74, 6) is 0.396. The van der Waals surface area contributed by atoms with Gasteiger partial charge in [-0.2, -0.15) is 8.78 Å². The lowest BCUT2D eigenvalue weighted by atomic mass is 10.2. The SMILES string of the molecule is COc1cc(C=O)ccc1OCC(=O)N(C)Cc1ccc(OC(F)F)c(OC)c1. The lowest BCUT2D eigenvalue weighted by Crippen LogP contribution is -2.31. The van der Waals surface area contributed by atoms with Crippen molar-refractivity contribution < 1.29 is 37.3 Å². The van der Waals surface area contributed by atoms with Crippen LogP contribution < -0.4 is 18.9 Å². The van der Waals surface area contributed by atoms with Gasteiger partial charge in [-0.1, -0.05) is 6.07 Å². The van der Waals surface area contributed by atoms with Gasteiger partial charge in [-0.25, -0.2) is 0 Å². The highest BCUT2D eigenvalue weighted by Crippen LogP contribution is 2.30. The molecule has 29 heavy (non-hydrogen) atoms. The number of halogens is 2. The average Bonchev–Trinajstić information content (AvgIpc) is 2.72. The first-order valence-corrected chi connectivity index (χ1v) is 8.49. The Balaban J connectivity index is 1.99. The van der Waals surface area contributed by atoms with E-state index in [2.05, 4.69) is 4.74 Å². The minimum atomic E-state index is -2.96. The molecule has 2 rings (SSSR count). The molecule has 0 saturated carbocycles. The van der Waals surface area contributed by atoms with Crippen molar-refractivity contribution in [3.05, 3.63) is 47.5 Å². The molecule has 9 heteroatoms. The number of carbonyl (C=O) groups excluding carboxylic acids is 2. The molecule has 0 aliphatic rings. The van der Waals surface area contributed by atoms with Crippen LogP contribution in [0.15, 0.2) is 36.4 Å². The summed E-state index contributed by atoms with van der Waals surface area (Å²) >= 11 is 0. The highest BCUT2D eigenvalue weighted by atomic mass is 19.3. The fourth-order valence-electron chi connectivity index (χ4n) is 2.49. The highest BCUT2D eigenvalue weighted by Gasteiger charge is 2.15. The van der Waals surface area contributed by atoms with E-state index in [9.17, 15) is 18.4 Å². The summed E-state index contributed by atoms with van der Waals surface area (Å²) in [7, 11) is 4.34. The Morgan fingerprint density at radius 3 is 2.31 bits per heavy atom. The van der Waals surface area contributed by atoms with Gasteiger partial charge in [-0.15, -0.1) is 0 Å². The topological polar surface area (TPSA) is 74.3 Å². The van der Waals surface area contributed by atoms with E-state index in [4.69, 9.17) is 14.2 Å². The van der Waals surface area contributed by atoms with Crippen molar-refractivity contribution in [2.75, 3.05) is 27.9 Å². The molecule has 0 bridgehead atoms. The summed E-state index contributed by atoms with van der Waals surface area (Å²) in [6.45, 7) is -3.01. The molecule has 0 aliphatic heterocycles. The normalized spacial score (nSPS) is 10.4. The summed E-state index contributed by atoms with van der Waals surface area (Å²) in [5.41, 5.74) is 1.08. The molecule has 0 saturated heterocycles. The Morgan fingerprint density at radius 2 is 1.69 bits per heavy atom. The van der Waals surface area contributed by atoms with E-state index >= 15 is 0 Å². The van der Waals surface area contributed by atoms with Crippen LogP contribution in [0.5, 0.6) is 23.0 Å². The highest BCUT2D eigenvalue weighted by molar-refractivity contribution is 5.78. The van der Waals surface area contributed by atoms with E-state index in [1.54, 1.807) is 25.2 Å². The van der Waals surface area contributed by atoms with Crippen LogP contribution >= 0.6 is 0 Å². The zero-order chi connectivity index (χ0) is 21.4. The second-order valence-corrected chi connectivity index (χ2v) is 5.93. The van der Waals surface area contributed by atoms with E-state index in [0.29, 0.717) is 28.9 Å². The number of rotatable bonds is 10. The maximum Gasteiger partial charge on any atom is 0.387 e. The smallest absolute Gasteiger partial charge is 0.387 e. The minimum absolute atomic E-state index is 0.0885. The monoisotopic (exact) mass is 409 g/mol. The fourth-order valence-corrected chi connectivity index (χ4v) is 2.49. The van der Waals surface area contributed by atoms with Crippen LogP contribution in [-0.4, -0.2) is 51.6 Å². The van der Waals surface area contributed by atoms with E-state index in [1.165, 1.54) is 37.3 Å². The lowest BCUT2D eigenvalue weighted by molar-refractivity contribution is -0.132. The van der Waals surface area contributed by atoms with Crippen molar-refractivity contribution in [2.24, 2.45) is 0 Å². The zero-order valence-electron chi connectivity index (χ0n) is 16.2. The molecule has 0 N–H and O–H groups in total. The Hall–Kier alpha value is -3.36. The molecule has 0 radical (unpaired) electrons. The van der Waals surface area contributed by atoms with Crippen molar-refractivity contribution in [3.8, 4) is 23.0 Å². The number of amides is 1. The molecule has 7 nitrogen and oxygen atoms in total. The molecule has 0 aromatic heterocycles. The third kappa shape index (κ3) is 6.06. The van der Waals surface area contributed by atoms with Crippen LogP contribution in [0.25, 0.3) is 0 Å². The first kappa shape index (κ1) is 21.9. The number of carbonyl (C=O) groups is 2. The number of nitrogens with zero attached hydrogens (tertiary/aromatic N) is 1. The summed E-state index contributed by atoms with van der Waals surface area (Å²) in [6, 6.07) is 9.03. The van der Waals surface area contributed by atoms with Crippen molar-refractivity contribution >= 4 is 12.2 Å². The summed E-state index contributed by atoms with van der Waals surface area (Å²) < 4.78 is 44.9. The summed E-state index contributed by atoms with van der Waals surface area (Å²) in [6.07, 6.45) is 0.678.